The van der Waals surface area contributed by atoms with E-state index >= 15 is 0 Å². The molecule has 0 fully saturated rings. The van der Waals surface area contributed by atoms with Crippen LogP contribution in [0.15, 0.2) is 6.20 Å². The lowest BCUT2D eigenvalue weighted by Crippen LogP contribution is -2.12. The highest BCUT2D eigenvalue weighted by molar-refractivity contribution is 14.1. The number of aromatic nitrogens is 2. The molecule has 1 aromatic heterocycles. The zero-order chi connectivity index (χ0) is 13.8. The van der Waals surface area contributed by atoms with Crippen molar-refractivity contribution in [3.63, 3.8) is 0 Å². The molecule has 0 amide bonds. The summed E-state index contributed by atoms with van der Waals surface area (Å²) in [4.78, 5) is 0. The molecule has 104 valence electrons. The predicted molar refractivity (Wildman–Crippen MR) is 70.3 cm³/mol. The maximum Gasteiger partial charge on any atom is 0.391 e. The van der Waals surface area contributed by atoms with Crippen LogP contribution in [0.4, 0.5) is 13.2 Å². The summed E-state index contributed by atoms with van der Waals surface area (Å²) >= 11 is 2.11. The largest absolute Gasteiger partial charge is 0.391 e. The second-order valence-corrected chi connectivity index (χ2v) is 5.24. The number of halogens is 4. The average Bonchev–Trinajstić information content (AvgIpc) is 2.64. The van der Waals surface area contributed by atoms with Gasteiger partial charge in [0.1, 0.15) is 5.69 Å². The molecule has 0 aliphatic rings. The van der Waals surface area contributed by atoms with Gasteiger partial charge < -0.3 is 4.74 Å². The van der Waals surface area contributed by atoms with E-state index in [1.54, 1.807) is 0 Å². The SMILES string of the molecule is CCC(C)n1cc(I)c(COCCC(F)(F)F)n1. The highest BCUT2D eigenvalue weighted by Crippen LogP contribution is 2.20. The molecule has 0 spiro atoms. The van der Waals surface area contributed by atoms with E-state index < -0.39 is 12.6 Å². The highest BCUT2D eigenvalue weighted by Gasteiger charge is 2.26. The lowest BCUT2D eigenvalue weighted by atomic mass is 10.3. The summed E-state index contributed by atoms with van der Waals surface area (Å²) in [6.07, 6.45) is -2.25. The van der Waals surface area contributed by atoms with Gasteiger partial charge in [0.15, 0.2) is 0 Å². The van der Waals surface area contributed by atoms with Crippen LogP contribution in [-0.4, -0.2) is 22.6 Å². The van der Waals surface area contributed by atoms with Crippen LogP contribution in [0.1, 0.15) is 38.4 Å². The fourth-order valence-electron chi connectivity index (χ4n) is 1.27. The highest BCUT2D eigenvalue weighted by atomic mass is 127. The Labute approximate surface area is 118 Å². The Kier molecular flexibility index (Phi) is 5.90. The number of hydrogen-bond donors (Lipinski definition) is 0. The summed E-state index contributed by atoms with van der Waals surface area (Å²) < 4.78 is 43.5. The third-order valence-corrected chi connectivity index (χ3v) is 3.47. The first-order valence-electron chi connectivity index (χ1n) is 5.71. The van der Waals surface area contributed by atoms with Crippen molar-refractivity contribution in [1.29, 1.82) is 0 Å². The second-order valence-electron chi connectivity index (χ2n) is 4.08. The van der Waals surface area contributed by atoms with Crippen molar-refractivity contribution in [2.45, 2.75) is 45.5 Å². The third-order valence-electron chi connectivity index (χ3n) is 2.57. The van der Waals surface area contributed by atoms with E-state index in [0.29, 0.717) is 5.69 Å². The molecule has 0 saturated heterocycles. The monoisotopic (exact) mass is 376 g/mol. The van der Waals surface area contributed by atoms with Crippen LogP contribution in [0, 0.1) is 3.57 Å². The summed E-state index contributed by atoms with van der Waals surface area (Å²) in [6, 6.07) is 0.280. The third kappa shape index (κ3) is 5.13. The zero-order valence-electron chi connectivity index (χ0n) is 10.3. The van der Waals surface area contributed by atoms with Gasteiger partial charge in [-0.25, -0.2) is 0 Å². The van der Waals surface area contributed by atoms with Gasteiger partial charge in [0.05, 0.1) is 23.2 Å². The number of rotatable bonds is 6. The minimum atomic E-state index is -4.16. The molecular weight excluding hydrogens is 360 g/mol. The second kappa shape index (κ2) is 6.74. The average molecular weight is 376 g/mol. The van der Waals surface area contributed by atoms with Crippen molar-refractivity contribution < 1.29 is 17.9 Å². The van der Waals surface area contributed by atoms with E-state index in [0.717, 1.165) is 9.99 Å². The van der Waals surface area contributed by atoms with Crippen LogP contribution in [0.25, 0.3) is 0 Å². The Balaban J connectivity index is 2.45. The van der Waals surface area contributed by atoms with Gasteiger partial charge in [-0.1, -0.05) is 6.92 Å². The zero-order valence-corrected chi connectivity index (χ0v) is 12.5. The molecule has 1 heterocycles. The molecular formula is C11H16F3IN2O. The van der Waals surface area contributed by atoms with Gasteiger partial charge in [0.2, 0.25) is 0 Å². The molecule has 0 N–H and O–H groups in total. The van der Waals surface area contributed by atoms with Gasteiger partial charge >= 0.3 is 6.18 Å². The van der Waals surface area contributed by atoms with E-state index in [4.69, 9.17) is 4.74 Å². The maximum atomic E-state index is 11.9. The number of nitrogens with zero attached hydrogens (tertiary/aromatic N) is 2. The summed E-state index contributed by atoms with van der Waals surface area (Å²) in [5, 5.41) is 4.32. The molecule has 7 heteroatoms. The van der Waals surface area contributed by atoms with Gasteiger partial charge in [-0.3, -0.25) is 4.68 Å². The van der Waals surface area contributed by atoms with Crippen LogP contribution >= 0.6 is 22.6 Å². The quantitative estimate of drug-likeness (QED) is 0.556. The van der Waals surface area contributed by atoms with Gasteiger partial charge in [-0.2, -0.15) is 18.3 Å². The molecule has 1 atom stereocenters. The van der Waals surface area contributed by atoms with E-state index in [2.05, 4.69) is 34.6 Å². The van der Waals surface area contributed by atoms with E-state index in [1.165, 1.54) is 0 Å². The minimum Gasteiger partial charge on any atom is -0.375 e. The molecule has 1 unspecified atom stereocenters. The van der Waals surface area contributed by atoms with Gasteiger partial charge in [-0.05, 0) is 35.9 Å². The first-order valence-corrected chi connectivity index (χ1v) is 6.79. The normalized spacial score (nSPS) is 13.9. The summed E-state index contributed by atoms with van der Waals surface area (Å²) in [6.45, 7) is 3.89. The molecule has 0 bridgehead atoms. The molecule has 1 aromatic rings. The van der Waals surface area contributed by atoms with Crippen LogP contribution in [0.2, 0.25) is 0 Å². The number of alkyl halides is 3. The summed E-state index contributed by atoms with van der Waals surface area (Å²) in [7, 11) is 0. The maximum absolute atomic E-state index is 11.9. The lowest BCUT2D eigenvalue weighted by molar-refractivity contribution is -0.146. The molecule has 0 saturated carbocycles. The van der Waals surface area contributed by atoms with Gasteiger partial charge in [0.25, 0.3) is 0 Å². The number of hydrogen-bond acceptors (Lipinski definition) is 2. The summed E-state index contributed by atoms with van der Waals surface area (Å²) in [5.74, 6) is 0. The van der Waals surface area contributed by atoms with Crippen molar-refractivity contribution in [2.75, 3.05) is 6.61 Å². The Morgan fingerprint density at radius 2 is 2.17 bits per heavy atom. The minimum absolute atomic E-state index is 0.123. The van der Waals surface area contributed by atoms with Crippen LogP contribution in [0.5, 0.6) is 0 Å². The lowest BCUT2D eigenvalue weighted by Gasteiger charge is -2.08. The van der Waals surface area contributed by atoms with Crippen molar-refractivity contribution >= 4 is 22.6 Å². The van der Waals surface area contributed by atoms with E-state index in [-0.39, 0.29) is 19.3 Å². The molecule has 1 rings (SSSR count). The topological polar surface area (TPSA) is 27.1 Å². The Morgan fingerprint density at radius 3 is 2.72 bits per heavy atom. The molecule has 0 aromatic carbocycles. The first kappa shape index (κ1) is 15.7. The Morgan fingerprint density at radius 1 is 1.50 bits per heavy atom. The predicted octanol–water partition coefficient (Wildman–Crippen LogP) is 3.93. The molecule has 0 aliphatic heterocycles. The smallest absolute Gasteiger partial charge is 0.375 e. The van der Waals surface area contributed by atoms with Crippen molar-refractivity contribution in [3.05, 3.63) is 15.5 Å². The van der Waals surface area contributed by atoms with Crippen molar-refractivity contribution in [3.8, 4) is 0 Å². The Bertz CT molecular complexity index is 379. The van der Waals surface area contributed by atoms with Crippen molar-refractivity contribution in [2.24, 2.45) is 0 Å². The van der Waals surface area contributed by atoms with E-state index in [9.17, 15) is 13.2 Å². The first-order chi connectivity index (χ1) is 8.33. The van der Waals surface area contributed by atoms with Crippen LogP contribution in [-0.2, 0) is 11.3 Å². The van der Waals surface area contributed by atoms with E-state index in [1.807, 2.05) is 17.8 Å². The molecule has 0 radical (unpaired) electrons. The fourth-order valence-corrected chi connectivity index (χ4v) is 1.82. The molecule has 3 nitrogen and oxygen atoms in total. The van der Waals surface area contributed by atoms with Gasteiger partial charge in [0, 0.05) is 12.2 Å². The van der Waals surface area contributed by atoms with Crippen LogP contribution < -0.4 is 0 Å². The van der Waals surface area contributed by atoms with Gasteiger partial charge in [-0.15, -0.1) is 0 Å². The Hall–Kier alpha value is -0.310. The van der Waals surface area contributed by atoms with Crippen molar-refractivity contribution in [1.82, 2.24) is 9.78 Å². The molecule has 18 heavy (non-hydrogen) atoms. The molecule has 0 aliphatic carbocycles. The fraction of sp³-hybridized carbons (Fsp3) is 0.727. The standard InChI is InChI=1S/C11H16F3IN2O/c1-3-8(2)17-6-9(15)10(16-17)7-18-5-4-11(12,13)14/h6,8H,3-5,7H2,1-2H3. The number of ether oxygens (including phenoxy) is 1. The van der Waals surface area contributed by atoms with Crippen LogP contribution in [0.3, 0.4) is 0 Å². The summed E-state index contributed by atoms with van der Waals surface area (Å²) in [5.41, 5.74) is 0.693.